The van der Waals surface area contributed by atoms with Gasteiger partial charge in [-0.2, -0.15) is 5.10 Å². The molecule has 0 aliphatic carbocycles. The monoisotopic (exact) mass is 287 g/mol. The number of aliphatic carboxylic acids is 1. The second-order valence-electron chi connectivity index (χ2n) is 4.67. The van der Waals surface area contributed by atoms with Crippen molar-refractivity contribution in [3.63, 3.8) is 0 Å². The Morgan fingerprint density at radius 3 is 3.00 bits per heavy atom. The molecule has 19 heavy (non-hydrogen) atoms. The Kier molecular flexibility index (Phi) is 4.20. The predicted molar refractivity (Wildman–Crippen MR) is 68.2 cm³/mol. The van der Waals surface area contributed by atoms with E-state index < -0.39 is 16.0 Å². The number of carboxylic acid groups (broad SMARTS) is 1. The molecule has 1 unspecified atom stereocenters. The van der Waals surface area contributed by atoms with E-state index in [4.69, 9.17) is 5.11 Å². The first kappa shape index (κ1) is 14.0. The van der Waals surface area contributed by atoms with Crippen LogP contribution in [0.25, 0.3) is 0 Å². The molecule has 7 nitrogen and oxygen atoms in total. The van der Waals surface area contributed by atoms with Gasteiger partial charge in [-0.3, -0.25) is 9.89 Å². The third-order valence-corrected chi connectivity index (χ3v) is 5.15. The number of H-pyrrole nitrogens is 1. The van der Waals surface area contributed by atoms with Gasteiger partial charge in [0, 0.05) is 30.9 Å². The van der Waals surface area contributed by atoms with Gasteiger partial charge in [0.2, 0.25) is 10.0 Å². The van der Waals surface area contributed by atoms with Crippen molar-refractivity contribution < 1.29 is 18.3 Å². The fraction of sp³-hybridized carbons (Fsp3) is 0.636. The van der Waals surface area contributed by atoms with Crippen LogP contribution in [0.3, 0.4) is 0 Å². The van der Waals surface area contributed by atoms with E-state index in [1.807, 2.05) is 6.07 Å². The Labute approximate surface area is 111 Å². The highest BCUT2D eigenvalue weighted by Gasteiger charge is 2.30. The Bertz CT molecular complexity index is 526. The highest BCUT2D eigenvalue weighted by molar-refractivity contribution is 7.89. The summed E-state index contributed by atoms with van der Waals surface area (Å²) in [6, 6.07) is 1.85. The third-order valence-electron chi connectivity index (χ3n) is 3.31. The molecular weight excluding hydrogens is 270 g/mol. The smallest absolute Gasteiger partial charge is 0.304 e. The van der Waals surface area contributed by atoms with E-state index in [2.05, 4.69) is 10.2 Å². The lowest BCUT2D eigenvalue weighted by atomic mass is 9.96. The average Bonchev–Trinajstić information content (AvgIpc) is 2.91. The van der Waals surface area contributed by atoms with Gasteiger partial charge in [-0.25, -0.2) is 12.7 Å². The highest BCUT2D eigenvalue weighted by Crippen LogP contribution is 2.27. The Morgan fingerprint density at radius 1 is 1.58 bits per heavy atom. The molecule has 1 aromatic rings. The molecule has 0 spiro atoms. The zero-order valence-electron chi connectivity index (χ0n) is 10.4. The number of rotatable bonds is 5. The molecule has 2 heterocycles. The molecule has 1 fully saturated rings. The SMILES string of the molecule is O=C(O)CCS(=O)(=O)N1CCCC(c2ccn[nH]2)C1. The minimum atomic E-state index is -3.48. The fourth-order valence-corrected chi connectivity index (χ4v) is 3.79. The van der Waals surface area contributed by atoms with Gasteiger partial charge < -0.3 is 5.11 Å². The number of carboxylic acids is 1. The van der Waals surface area contributed by atoms with Crippen molar-refractivity contribution in [2.75, 3.05) is 18.8 Å². The molecule has 2 N–H and O–H groups in total. The first-order chi connectivity index (χ1) is 8.99. The molecule has 0 amide bonds. The molecular formula is C11H17N3O4S. The van der Waals surface area contributed by atoms with Crippen molar-refractivity contribution in [3.05, 3.63) is 18.0 Å². The summed E-state index contributed by atoms with van der Waals surface area (Å²) >= 11 is 0. The minimum absolute atomic E-state index is 0.107. The normalized spacial score (nSPS) is 21.4. The fourth-order valence-electron chi connectivity index (χ4n) is 2.29. The molecule has 2 rings (SSSR count). The van der Waals surface area contributed by atoms with Gasteiger partial charge in [0.1, 0.15) is 0 Å². The average molecular weight is 287 g/mol. The van der Waals surface area contributed by atoms with Gasteiger partial charge in [0.05, 0.1) is 12.2 Å². The number of aromatic amines is 1. The molecule has 1 atom stereocenters. The topological polar surface area (TPSA) is 103 Å². The van der Waals surface area contributed by atoms with Crippen LogP contribution >= 0.6 is 0 Å². The molecule has 1 aromatic heterocycles. The van der Waals surface area contributed by atoms with E-state index >= 15 is 0 Å². The summed E-state index contributed by atoms with van der Waals surface area (Å²) in [5, 5.41) is 15.3. The van der Waals surface area contributed by atoms with Crippen LogP contribution in [0.2, 0.25) is 0 Å². The van der Waals surface area contributed by atoms with Crippen molar-refractivity contribution in [2.45, 2.75) is 25.2 Å². The Morgan fingerprint density at radius 2 is 2.37 bits per heavy atom. The summed E-state index contributed by atoms with van der Waals surface area (Å²) in [5.74, 6) is -1.32. The van der Waals surface area contributed by atoms with E-state index in [0.29, 0.717) is 13.1 Å². The molecule has 1 aliphatic heterocycles. The number of carbonyl (C=O) groups is 1. The lowest BCUT2D eigenvalue weighted by molar-refractivity contribution is -0.136. The van der Waals surface area contributed by atoms with Gasteiger partial charge in [0.25, 0.3) is 0 Å². The molecule has 106 valence electrons. The van der Waals surface area contributed by atoms with Crippen molar-refractivity contribution in [1.29, 1.82) is 0 Å². The number of nitrogens with one attached hydrogen (secondary N) is 1. The Balaban J connectivity index is 2.02. The first-order valence-electron chi connectivity index (χ1n) is 6.18. The minimum Gasteiger partial charge on any atom is -0.481 e. The molecule has 0 aromatic carbocycles. The molecule has 0 radical (unpaired) electrons. The van der Waals surface area contributed by atoms with Crippen LogP contribution in [0.15, 0.2) is 12.3 Å². The number of nitrogens with zero attached hydrogens (tertiary/aromatic N) is 2. The number of hydrogen-bond acceptors (Lipinski definition) is 4. The standard InChI is InChI=1S/C11H17N3O4S/c15-11(16)4-7-19(17,18)14-6-1-2-9(8-14)10-3-5-12-13-10/h3,5,9H,1-2,4,6-8H2,(H,12,13)(H,15,16). The summed E-state index contributed by atoms with van der Waals surface area (Å²) in [6.07, 6.45) is 2.98. The van der Waals surface area contributed by atoms with Crippen LogP contribution in [0.4, 0.5) is 0 Å². The molecule has 8 heteroatoms. The van der Waals surface area contributed by atoms with Crippen LogP contribution in [-0.4, -0.2) is 52.8 Å². The van der Waals surface area contributed by atoms with Crippen LogP contribution in [0.5, 0.6) is 0 Å². The summed E-state index contributed by atoms with van der Waals surface area (Å²) < 4.78 is 25.5. The number of aromatic nitrogens is 2. The number of piperidine rings is 1. The third kappa shape index (κ3) is 3.54. The van der Waals surface area contributed by atoms with Gasteiger partial charge in [-0.15, -0.1) is 0 Å². The van der Waals surface area contributed by atoms with Gasteiger partial charge in [-0.1, -0.05) is 0 Å². The lowest BCUT2D eigenvalue weighted by Crippen LogP contribution is -2.40. The second-order valence-corrected chi connectivity index (χ2v) is 6.76. The maximum atomic E-state index is 12.0. The van der Waals surface area contributed by atoms with Crippen molar-refractivity contribution in [1.82, 2.24) is 14.5 Å². The second kappa shape index (κ2) is 5.70. The maximum absolute atomic E-state index is 12.0. The Hall–Kier alpha value is -1.41. The van der Waals surface area contributed by atoms with E-state index in [1.54, 1.807) is 6.20 Å². The summed E-state index contributed by atoms with van der Waals surface area (Å²) in [4.78, 5) is 10.5. The van der Waals surface area contributed by atoms with Crippen molar-refractivity contribution in [3.8, 4) is 0 Å². The van der Waals surface area contributed by atoms with Crippen LogP contribution in [-0.2, 0) is 14.8 Å². The quantitative estimate of drug-likeness (QED) is 0.815. The van der Waals surface area contributed by atoms with E-state index in [0.717, 1.165) is 18.5 Å². The summed E-state index contributed by atoms with van der Waals surface area (Å²) in [5.41, 5.74) is 0.929. The first-order valence-corrected chi connectivity index (χ1v) is 7.79. The van der Waals surface area contributed by atoms with Crippen molar-refractivity contribution in [2.24, 2.45) is 0 Å². The maximum Gasteiger partial charge on any atom is 0.304 e. The number of hydrogen-bond donors (Lipinski definition) is 2. The zero-order chi connectivity index (χ0) is 13.9. The molecule has 0 bridgehead atoms. The molecule has 1 aliphatic rings. The highest BCUT2D eigenvalue weighted by atomic mass is 32.2. The summed E-state index contributed by atoms with van der Waals surface area (Å²) in [6.45, 7) is 0.858. The van der Waals surface area contributed by atoms with Gasteiger partial charge in [0.15, 0.2) is 0 Å². The van der Waals surface area contributed by atoms with Crippen LogP contribution in [0.1, 0.15) is 30.9 Å². The summed E-state index contributed by atoms with van der Waals surface area (Å²) in [7, 11) is -3.48. The molecule has 0 saturated carbocycles. The van der Waals surface area contributed by atoms with Crippen LogP contribution < -0.4 is 0 Å². The molecule has 1 saturated heterocycles. The van der Waals surface area contributed by atoms with Gasteiger partial charge >= 0.3 is 5.97 Å². The van der Waals surface area contributed by atoms with Crippen molar-refractivity contribution >= 4 is 16.0 Å². The number of sulfonamides is 1. The van der Waals surface area contributed by atoms with E-state index in [1.165, 1.54) is 4.31 Å². The van der Waals surface area contributed by atoms with Crippen LogP contribution in [0, 0.1) is 0 Å². The van der Waals surface area contributed by atoms with E-state index in [-0.39, 0.29) is 18.1 Å². The van der Waals surface area contributed by atoms with E-state index in [9.17, 15) is 13.2 Å². The zero-order valence-corrected chi connectivity index (χ0v) is 11.3. The largest absolute Gasteiger partial charge is 0.481 e. The predicted octanol–water partition coefficient (Wildman–Crippen LogP) is 0.394. The van der Waals surface area contributed by atoms with Gasteiger partial charge in [-0.05, 0) is 18.9 Å². The lowest BCUT2D eigenvalue weighted by Gasteiger charge is -2.31.